The Bertz CT molecular complexity index is 526. The molecule has 0 atom stereocenters. The molecule has 20 heavy (non-hydrogen) atoms. The molecule has 0 saturated heterocycles. The summed E-state index contributed by atoms with van der Waals surface area (Å²) in [6.07, 6.45) is 2.24. The van der Waals surface area contributed by atoms with Crippen LogP contribution in [0, 0.1) is 11.8 Å². The minimum absolute atomic E-state index is 0.106. The second kappa shape index (κ2) is 7.09. The number of likely N-dealkylation sites (N-methyl/N-ethyl adjacent to an activating group) is 1. The highest BCUT2D eigenvalue weighted by molar-refractivity contribution is 5.78. The number of carbonyl (C=O) groups is 1. The van der Waals surface area contributed by atoms with Crippen molar-refractivity contribution in [3.63, 3.8) is 0 Å². The first-order valence-corrected chi connectivity index (χ1v) is 6.93. The predicted molar refractivity (Wildman–Crippen MR) is 79.9 cm³/mol. The van der Waals surface area contributed by atoms with Gasteiger partial charge in [-0.15, -0.1) is 0 Å². The number of hydrogen-bond acceptors (Lipinski definition) is 3. The summed E-state index contributed by atoms with van der Waals surface area (Å²) in [6, 6.07) is 8.45. The first-order valence-electron chi connectivity index (χ1n) is 6.93. The normalized spacial score (nSPS) is 13.8. The molecule has 2 rings (SSSR count). The summed E-state index contributed by atoms with van der Waals surface area (Å²) in [5, 5.41) is 2.99. The highest BCUT2D eigenvalue weighted by Crippen LogP contribution is 2.18. The van der Waals surface area contributed by atoms with E-state index in [0.717, 1.165) is 30.5 Å². The van der Waals surface area contributed by atoms with Gasteiger partial charge in [-0.3, -0.25) is 9.69 Å². The van der Waals surface area contributed by atoms with Crippen LogP contribution < -0.4 is 11.1 Å². The fraction of sp³-hybridized carbons (Fsp3) is 0.438. The Balaban J connectivity index is 1.86. The number of hydrogen-bond donors (Lipinski definition) is 2. The van der Waals surface area contributed by atoms with Crippen LogP contribution >= 0.6 is 0 Å². The van der Waals surface area contributed by atoms with Crippen molar-refractivity contribution in [2.45, 2.75) is 25.4 Å². The summed E-state index contributed by atoms with van der Waals surface area (Å²) < 4.78 is 0. The topological polar surface area (TPSA) is 58.4 Å². The van der Waals surface area contributed by atoms with E-state index in [1.807, 2.05) is 36.2 Å². The second-order valence-electron chi connectivity index (χ2n) is 5.22. The molecule has 4 heteroatoms. The molecule has 0 aromatic heterocycles. The molecule has 1 aromatic carbocycles. The molecular formula is C16H21N3O. The summed E-state index contributed by atoms with van der Waals surface area (Å²) in [4.78, 5) is 13.7. The van der Waals surface area contributed by atoms with Crippen LogP contribution in [0.3, 0.4) is 0 Å². The fourth-order valence-corrected chi connectivity index (χ4v) is 2.01. The zero-order valence-electron chi connectivity index (χ0n) is 11.9. The van der Waals surface area contributed by atoms with Crippen molar-refractivity contribution in [3.05, 3.63) is 35.4 Å². The van der Waals surface area contributed by atoms with Crippen LogP contribution in [0.15, 0.2) is 24.3 Å². The van der Waals surface area contributed by atoms with E-state index in [1.54, 1.807) is 0 Å². The smallest absolute Gasteiger partial charge is 0.234 e. The summed E-state index contributed by atoms with van der Waals surface area (Å²) in [7, 11) is 1.95. The van der Waals surface area contributed by atoms with Crippen LogP contribution in [0.2, 0.25) is 0 Å². The van der Waals surface area contributed by atoms with Crippen molar-refractivity contribution in [3.8, 4) is 11.8 Å². The van der Waals surface area contributed by atoms with Crippen LogP contribution in [-0.2, 0) is 11.3 Å². The first-order chi connectivity index (χ1) is 9.67. The van der Waals surface area contributed by atoms with Gasteiger partial charge in [-0.25, -0.2) is 0 Å². The Kier molecular flexibility index (Phi) is 5.16. The molecule has 3 N–H and O–H groups in total. The van der Waals surface area contributed by atoms with Crippen molar-refractivity contribution in [1.29, 1.82) is 0 Å². The minimum Gasteiger partial charge on any atom is -0.352 e. The Morgan fingerprint density at radius 2 is 2.30 bits per heavy atom. The maximum atomic E-state index is 11.7. The number of amides is 1. The van der Waals surface area contributed by atoms with Crippen LogP contribution in [0.1, 0.15) is 24.0 Å². The number of carbonyl (C=O) groups excluding carboxylic acids is 1. The largest absolute Gasteiger partial charge is 0.352 e. The van der Waals surface area contributed by atoms with Gasteiger partial charge in [0, 0.05) is 18.2 Å². The Hall–Kier alpha value is -1.83. The molecule has 1 aromatic rings. The molecule has 0 bridgehead atoms. The van der Waals surface area contributed by atoms with Crippen molar-refractivity contribution in [2.24, 2.45) is 5.73 Å². The van der Waals surface area contributed by atoms with E-state index in [2.05, 4.69) is 17.2 Å². The average molecular weight is 271 g/mol. The molecule has 0 heterocycles. The first kappa shape index (κ1) is 14.6. The van der Waals surface area contributed by atoms with E-state index in [-0.39, 0.29) is 5.91 Å². The zero-order chi connectivity index (χ0) is 14.4. The number of nitrogens with two attached hydrogens (primary N) is 1. The molecule has 1 aliphatic carbocycles. The zero-order valence-corrected chi connectivity index (χ0v) is 11.9. The molecule has 1 saturated carbocycles. The van der Waals surface area contributed by atoms with Gasteiger partial charge in [0.25, 0.3) is 0 Å². The van der Waals surface area contributed by atoms with Crippen LogP contribution in [0.5, 0.6) is 0 Å². The van der Waals surface area contributed by atoms with Crippen LogP contribution in [0.4, 0.5) is 0 Å². The molecule has 0 radical (unpaired) electrons. The third kappa shape index (κ3) is 5.04. The van der Waals surface area contributed by atoms with Crippen molar-refractivity contribution in [1.82, 2.24) is 10.2 Å². The van der Waals surface area contributed by atoms with Crippen molar-refractivity contribution < 1.29 is 4.79 Å². The van der Waals surface area contributed by atoms with E-state index in [9.17, 15) is 4.79 Å². The summed E-state index contributed by atoms with van der Waals surface area (Å²) in [6.45, 7) is 1.52. The Labute approximate surface area is 120 Å². The molecule has 1 fully saturated rings. The van der Waals surface area contributed by atoms with Gasteiger partial charge in [0.05, 0.1) is 13.1 Å². The SMILES string of the molecule is CN(CC(=O)NC1CC1)Cc1cccc(C#CCN)c1. The molecule has 106 valence electrons. The van der Waals surface area contributed by atoms with Crippen molar-refractivity contribution in [2.75, 3.05) is 20.1 Å². The maximum absolute atomic E-state index is 11.7. The number of benzene rings is 1. The van der Waals surface area contributed by atoms with Gasteiger partial charge >= 0.3 is 0 Å². The summed E-state index contributed by atoms with van der Waals surface area (Å²) >= 11 is 0. The molecule has 1 amide bonds. The lowest BCUT2D eigenvalue weighted by Gasteiger charge is -2.16. The Morgan fingerprint density at radius 3 is 3.00 bits per heavy atom. The summed E-state index contributed by atoms with van der Waals surface area (Å²) in [5.74, 6) is 5.97. The van der Waals surface area contributed by atoms with E-state index in [0.29, 0.717) is 19.1 Å². The quantitative estimate of drug-likeness (QED) is 0.775. The summed E-state index contributed by atoms with van der Waals surface area (Å²) in [5.41, 5.74) is 7.48. The van der Waals surface area contributed by atoms with Crippen molar-refractivity contribution >= 4 is 5.91 Å². The van der Waals surface area contributed by atoms with Gasteiger partial charge in [0.15, 0.2) is 0 Å². The monoisotopic (exact) mass is 271 g/mol. The van der Waals surface area contributed by atoms with E-state index in [1.165, 1.54) is 0 Å². The van der Waals surface area contributed by atoms with Gasteiger partial charge in [-0.1, -0.05) is 24.0 Å². The lowest BCUT2D eigenvalue weighted by molar-refractivity contribution is -0.122. The van der Waals surface area contributed by atoms with Gasteiger partial charge in [-0.05, 0) is 37.6 Å². The van der Waals surface area contributed by atoms with E-state index < -0.39 is 0 Å². The minimum atomic E-state index is 0.106. The molecular weight excluding hydrogens is 250 g/mol. The van der Waals surface area contributed by atoms with E-state index in [4.69, 9.17) is 5.73 Å². The van der Waals surface area contributed by atoms with Crippen LogP contribution in [0.25, 0.3) is 0 Å². The number of rotatable bonds is 5. The van der Waals surface area contributed by atoms with Gasteiger partial charge in [0.2, 0.25) is 5.91 Å². The van der Waals surface area contributed by atoms with Gasteiger partial charge in [-0.2, -0.15) is 0 Å². The highest BCUT2D eigenvalue weighted by Gasteiger charge is 2.23. The molecule has 0 spiro atoms. The standard InChI is InChI=1S/C16H21N3O/c1-19(12-16(20)18-15-7-8-15)11-14-5-2-4-13(10-14)6-3-9-17/h2,4-5,10,15H,7-9,11-12,17H2,1H3,(H,18,20). The third-order valence-electron chi connectivity index (χ3n) is 3.07. The van der Waals surface area contributed by atoms with E-state index >= 15 is 0 Å². The number of nitrogens with zero attached hydrogens (tertiary/aromatic N) is 1. The lowest BCUT2D eigenvalue weighted by atomic mass is 10.1. The maximum Gasteiger partial charge on any atom is 0.234 e. The van der Waals surface area contributed by atoms with Crippen LogP contribution in [-0.4, -0.2) is 37.0 Å². The lowest BCUT2D eigenvalue weighted by Crippen LogP contribution is -2.35. The van der Waals surface area contributed by atoms with Gasteiger partial charge in [0.1, 0.15) is 0 Å². The average Bonchev–Trinajstić information content (AvgIpc) is 3.20. The third-order valence-corrected chi connectivity index (χ3v) is 3.07. The second-order valence-corrected chi connectivity index (χ2v) is 5.22. The highest BCUT2D eigenvalue weighted by atomic mass is 16.2. The molecule has 4 nitrogen and oxygen atoms in total. The molecule has 1 aliphatic rings. The fourth-order valence-electron chi connectivity index (χ4n) is 2.01. The molecule has 0 unspecified atom stereocenters. The molecule has 0 aliphatic heterocycles. The number of nitrogens with one attached hydrogen (secondary N) is 1. The predicted octanol–water partition coefficient (Wildman–Crippen LogP) is 0.707. The van der Waals surface area contributed by atoms with Gasteiger partial charge < -0.3 is 11.1 Å². The Morgan fingerprint density at radius 1 is 1.50 bits per heavy atom.